The van der Waals surface area contributed by atoms with Crippen molar-refractivity contribution in [3.63, 3.8) is 0 Å². The van der Waals surface area contributed by atoms with Gasteiger partial charge in [-0.25, -0.2) is 0 Å². The van der Waals surface area contributed by atoms with Crippen molar-refractivity contribution in [1.29, 1.82) is 0 Å². The van der Waals surface area contributed by atoms with Gasteiger partial charge in [0, 0.05) is 6.42 Å². The maximum absolute atomic E-state index is 12.0. The van der Waals surface area contributed by atoms with Crippen LogP contribution in [0.2, 0.25) is 0 Å². The molecule has 0 rings (SSSR count). The van der Waals surface area contributed by atoms with Crippen LogP contribution in [0, 0.1) is 0 Å². The van der Waals surface area contributed by atoms with Gasteiger partial charge in [0.1, 0.15) is 0 Å². The summed E-state index contributed by atoms with van der Waals surface area (Å²) in [7, 11) is -4.86. The second kappa shape index (κ2) is 4.46. The van der Waals surface area contributed by atoms with Gasteiger partial charge in [-0.05, 0) is 0 Å². The van der Waals surface area contributed by atoms with Crippen molar-refractivity contribution in [1.82, 2.24) is 0 Å². The Morgan fingerprint density at radius 3 is 1.59 bits per heavy atom. The van der Waals surface area contributed by atoms with Crippen LogP contribution in [-0.2, 0) is 10.1 Å². The third-order valence-corrected chi connectivity index (χ3v) is 2.16. The Bertz CT molecular complexity index is 378. The molecular weight excluding hydrogens is 282 g/mol. The molecule has 0 aromatic carbocycles. The summed E-state index contributed by atoms with van der Waals surface area (Å²) in [5.74, 6) is 0. The molecule has 102 valence electrons. The van der Waals surface area contributed by atoms with Crippen molar-refractivity contribution in [2.75, 3.05) is 0 Å². The molecule has 0 saturated heterocycles. The third kappa shape index (κ3) is 4.16. The fourth-order valence-corrected chi connectivity index (χ4v) is 1.07. The average Bonchev–Trinajstić information content (AvgIpc) is 1.96. The van der Waals surface area contributed by atoms with Crippen molar-refractivity contribution in [2.24, 2.45) is 0 Å². The molecule has 0 aromatic heterocycles. The summed E-state index contributed by atoms with van der Waals surface area (Å²) in [4.78, 5) is 0. The molecule has 0 aliphatic heterocycles. The number of rotatable bonds is 3. The van der Waals surface area contributed by atoms with E-state index < -0.39 is 34.5 Å². The number of hydrogen-bond acceptors (Lipinski definition) is 3. The van der Waals surface area contributed by atoms with E-state index in [4.69, 9.17) is 9.66 Å². The van der Waals surface area contributed by atoms with E-state index in [9.17, 15) is 34.8 Å². The van der Waals surface area contributed by atoms with E-state index in [-0.39, 0.29) is 11.5 Å². The van der Waals surface area contributed by atoms with Crippen molar-refractivity contribution < 1.29 is 44.4 Å². The van der Waals surface area contributed by atoms with Crippen LogP contribution in [0.4, 0.5) is 26.3 Å². The van der Waals surface area contributed by atoms with E-state index >= 15 is 0 Å². The van der Waals surface area contributed by atoms with Crippen molar-refractivity contribution in [2.45, 2.75) is 24.4 Å². The number of alkyl halides is 6. The fourth-order valence-electron chi connectivity index (χ4n) is 0.732. The van der Waals surface area contributed by atoms with Crippen LogP contribution in [0.1, 0.15) is 6.42 Å². The van der Waals surface area contributed by atoms with Gasteiger partial charge in [0.25, 0.3) is 15.7 Å². The highest BCUT2D eigenvalue weighted by atomic mass is 32.2. The van der Waals surface area contributed by atoms with E-state index in [1.54, 1.807) is 0 Å². The maximum atomic E-state index is 12.0. The predicted molar refractivity (Wildman–Crippen MR) is 42.4 cm³/mol. The molecule has 0 aliphatic rings. The van der Waals surface area contributed by atoms with Gasteiger partial charge in [-0.1, -0.05) is 6.08 Å². The molecule has 4 nitrogen and oxygen atoms in total. The van der Waals surface area contributed by atoms with E-state index in [1.807, 2.05) is 0 Å². The van der Waals surface area contributed by atoms with Gasteiger partial charge in [0.2, 0.25) is 0 Å². The molecule has 0 saturated carbocycles. The highest BCUT2D eigenvalue weighted by Crippen LogP contribution is 2.45. The van der Waals surface area contributed by atoms with Gasteiger partial charge in [-0.2, -0.15) is 34.8 Å². The summed E-state index contributed by atoms with van der Waals surface area (Å²) in [5, 5.41) is 8.22. The first kappa shape index (κ1) is 16.2. The third-order valence-electron chi connectivity index (χ3n) is 1.62. The Morgan fingerprint density at radius 2 is 1.35 bits per heavy atom. The molecule has 0 bridgehead atoms. The van der Waals surface area contributed by atoms with Crippen molar-refractivity contribution in [3.05, 3.63) is 11.5 Å². The number of aliphatic hydroxyl groups is 1. The van der Waals surface area contributed by atoms with E-state index in [0.29, 0.717) is 0 Å². The van der Waals surface area contributed by atoms with Gasteiger partial charge < -0.3 is 5.11 Å². The first-order valence-electron chi connectivity index (χ1n) is 3.70. The number of halogens is 6. The lowest BCUT2D eigenvalue weighted by Crippen LogP contribution is -2.56. The minimum absolute atomic E-state index is 0.143. The molecule has 0 spiro atoms. The zero-order valence-corrected chi connectivity index (χ0v) is 8.57. The Balaban J connectivity index is 5.22. The zero-order valence-electron chi connectivity index (χ0n) is 7.75. The van der Waals surface area contributed by atoms with Crippen LogP contribution in [0.3, 0.4) is 0 Å². The number of hydrogen-bond donors (Lipinski definition) is 2. The standard InChI is InChI=1S/C6H6F6O4S/c7-5(8,9)4(13,6(10,11)12)2-1-3-17(14,15)16/h1,3,13H,2H2,(H,14,15,16)/b3-1-. The highest BCUT2D eigenvalue weighted by Gasteiger charge is 2.69. The van der Waals surface area contributed by atoms with Gasteiger partial charge in [0.05, 0.1) is 5.41 Å². The zero-order chi connectivity index (χ0) is 14.1. The Labute approximate surface area is 91.3 Å². The summed E-state index contributed by atoms with van der Waals surface area (Å²) in [6.07, 6.45) is -14.3. The second-order valence-corrected chi connectivity index (χ2v) is 4.25. The second-order valence-electron chi connectivity index (χ2n) is 2.95. The molecule has 11 heteroatoms. The van der Waals surface area contributed by atoms with Gasteiger partial charge in [0.15, 0.2) is 0 Å². The first-order chi connectivity index (χ1) is 7.21. The highest BCUT2D eigenvalue weighted by molar-refractivity contribution is 7.88. The van der Waals surface area contributed by atoms with Crippen LogP contribution in [0.15, 0.2) is 11.5 Å². The smallest absolute Gasteiger partial charge is 0.373 e. The lowest BCUT2D eigenvalue weighted by Gasteiger charge is -2.31. The lowest BCUT2D eigenvalue weighted by atomic mass is 9.98. The van der Waals surface area contributed by atoms with Gasteiger partial charge >= 0.3 is 12.4 Å². The lowest BCUT2D eigenvalue weighted by molar-refractivity contribution is -0.366. The van der Waals surface area contributed by atoms with Gasteiger partial charge in [-0.3, -0.25) is 4.55 Å². The van der Waals surface area contributed by atoms with Crippen molar-refractivity contribution >= 4 is 10.1 Å². The topological polar surface area (TPSA) is 74.6 Å². The summed E-state index contributed by atoms with van der Waals surface area (Å²) in [5.41, 5.74) is -5.07. The van der Waals surface area contributed by atoms with Crippen LogP contribution >= 0.6 is 0 Å². The van der Waals surface area contributed by atoms with E-state index in [2.05, 4.69) is 0 Å². The largest absolute Gasteiger partial charge is 0.426 e. The summed E-state index contributed by atoms with van der Waals surface area (Å²) >= 11 is 0. The average molecular weight is 288 g/mol. The van der Waals surface area contributed by atoms with Crippen molar-refractivity contribution in [3.8, 4) is 0 Å². The summed E-state index contributed by atoms with van der Waals surface area (Å²) in [6, 6.07) is 0. The van der Waals surface area contributed by atoms with Crippen LogP contribution in [0.5, 0.6) is 0 Å². The Kier molecular flexibility index (Phi) is 4.25. The molecular formula is C6H6F6O4S. The Morgan fingerprint density at radius 1 is 1.00 bits per heavy atom. The fraction of sp³-hybridized carbons (Fsp3) is 0.667. The summed E-state index contributed by atoms with van der Waals surface area (Å²) < 4.78 is 100. The minimum Gasteiger partial charge on any atom is -0.373 e. The van der Waals surface area contributed by atoms with Crippen LogP contribution in [-0.4, -0.2) is 36.0 Å². The quantitative estimate of drug-likeness (QED) is 0.611. The van der Waals surface area contributed by atoms with E-state index in [1.165, 1.54) is 0 Å². The molecule has 0 atom stereocenters. The molecule has 0 aromatic rings. The van der Waals surface area contributed by atoms with Gasteiger partial charge in [-0.15, -0.1) is 0 Å². The molecule has 0 fully saturated rings. The first-order valence-corrected chi connectivity index (χ1v) is 5.21. The maximum Gasteiger partial charge on any atom is 0.426 e. The molecule has 0 radical (unpaired) electrons. The summed E-state index contributed by atoms with van der Waals surface area (Å²) in [6.45, 7) is 0. The molecule has 0 heterocycles. The van der Waals surface area contributed by atoms with E-state index in [0.717, 1.165) is 0 Å². The van der Waals surface area contributed by atoms with Crippen LogP contribution < -0.4 is 0 Å². The normalized spacial score (nSPS) is 15.5. The molecule has 0 amide bonds. The molecule has 0 unspecified atom stereocenters. The SMILES string of the molecule is O=S(=O)(O)/C=C\CC(O)(C(F)(F)F)C(F)(F)F. The minimum atomic E-state index is -6.03. The predicted octanol–water partition coefficient (Wildman–Crippen LogP) is 1.63. The molecule has 0 aliphatic carbocycles. The van der Waals surface area contributed by atoms with Crippen LogP contribution in [0.25, 0.3) is 0 Å². The molecule has 17 heavy (non-hydrogen) atoms. The molecule has 2 N–H and O–H groups in total. The monoisotopic (exact) mass is 288 g/mol. The Hall–Kier alpha value is -0.810.